The summed E-state index contributed by atoms with van der Waals surface area (Å²) in [6, 6.07) is 10.7. The number of hydrogen-bond donors (Lipinski definition) is 1. The fourth-order valence-corrected chi connectivity index (χ4v) is 4.36. The van der Waals surface area contributed by atoms with Gasteiger partial charge in [0.25, 0.3) is 0 Å². The number of nitrogens with zero attached hydrogens (tertiary/aromatic N) is 8. The molecule has 5 aromatic rings. The molecule has 0 bridgehead atoms. The minimum Gasteiger partial charge on any atom is -0.618 e. The van der Waals surface area contributed by atoms with Crippen molar-refractivity contribution in [2.24, 2.45) is 0 Å². The highest BCUT2D eigenvalue weighted by atomic mass is 35.5. The van der Waals surface area contributed by atoms with Crippen LogP contribution >= 0.6 is 11.6 Å². The summed E-state index contributed by atoms with van der Waals surface area (Å²) in [5, 5.41) is 32.4. The van der Waals surface area contributed by atoms with E-state index in [0.717, 1.165) is 0 Å². The van der Waals surface area contributed by atoms with Gasteiger partial charge in [-0.15, -0.1) is 5.10 Å². The fourth-order valence-electron chi connectivity index (χ4n) is 4.19. The highest BCUT2D eigenvalue weighted by Gasteiger charge is 2.26. The number of ether oxygens (including phenoxy) is 1. The third-order valence-corrected chi connectivity index (χ3v) is 6.21. The van der Waals surface area contributed by atoms with Gasteiger partial charge in [0.15, 0.2) is 12.2 Å². The van der Waals surface area contributed by atoms with Gasteiger partial charge in [-0.25, -0.2) is 9.78 Å². The van der Waals surface area contributed by atoms with Gasteiger partial charge < -0.3 is 15.3 Å². The predicted octanol–water partition coefficient (Wildman–Crippen LogP) is 4.13. The SMILES string of the molecule is CC(C)(C)OC(=O)NCC(c1ccc(-c2cc(Cl)ccc2-n2cnnn2)c[n+]1[O-])n1cc(-c2ccnc(F)c2)cn1. The Morgan fingerprint density at radius 2 is 2.00 bits per heavy atom. The molecule has 1 atom stereocenters. The standard InChI is InChI=1S/C27H25ClFN9O3/c1-27(2,3)41-26(39)31-13-24(36-14-19(12-33-36)17-8-9-30-25(29)10-17)23-6-4-18(15-38(23)40)21-11-20(28)5-7-22(21)37-16-32-34-35-37/h4-12,14-16,24H,13H2,1-3H3,(H,31,39). The number of alkyl carbamates (subject to hydrolysis) is 1. The fraction of sp³-hybridized carbons (Fsp3) is 0.222. The van der Waals surface area contributed by atoms with Crippen LogP contribution in [0.2, 0.25) is 5.02 Å². The number of benzene rings is 1. The zero-order chi connectivity index (χ0) is 29.1. The van der Waals surface area contributed by atoms with E-state index >= 15 is 0 Å². The molecule has 4 aromatic heterocycles. The van der Waals surface area contributed by atoms with Crippen molar-refractivity contribution >= 4 is 17.7 Å². The van der Waals surface area contributed by atoms with E-state index in [9.17, 15) is 14.4 Å². The number of amides is 1. The third kappa shape index (κ3) is 6.47. The van der Waals surface area contributed by atoms with Crippen LogP contribution in [0.1, 0.15) is 32.5 Å². The third-order valence-electron chi connectivity index (χ3n) is 5.97. The van der Waals surface area contributed by atoms with Crippen LogP contribution in [-0.4, -0.2) is 53.2 Å². The van der Waals surface area contributed by atoms with Crippen molar-refractivity contribution < 1.29 is 18.7 Å². The van der Waals surface area contributed by atoms with Crippen molar-refractivity contribution in [1.82, 2.24) is 40.3 Å². The molecule has 5 rings (SSSR count). The lowest BCUT2D eigenvalue weighted by molar-refractivity contribution is -0.615. The van der Waals surface area contributed by atoms with Crippen LogP contribution in [0.25, 0.3) is 27.9 Å². The number of tetrazole rings is 1. The van der Waals surface area contributed by atoms with E-state index in [1.165, 1.54) is 34.2 Å². The first kappa shape index (κ1) is 27.6. The van der Waals surface area contributed by atoms with Gasteiger partial charge in [-0.3, -0.25) is 4.68 Å². The van der Waals surface area contributed by atoms with Gasteiger partial charge in [-0.1, -0.05) is 11.6 Å². The van der Waals surface area contributed by atoms with E-state index in [0.29, 0.717) is 37.7 Å². The normalized spacial score (nSPS) is 12.2. The van der Waals surface area contributed by atoms with Crippen LogP contribution in [0, 0.1) is 11.2 Å². The molecule has 0 saturated carbocycles. The van der Waals surface area contributed by atoms with Gasteiger partial charge in [0, 0.05) is 46.2 Å². The summed E-state index contributed by atoms with van der Waals surface area (Å²) in [4.78, 5) is 16.1. The first-order valence-electron chi connectivity index (χ1n) is 12.5. The average molecular weight is 578 g/mol. The highest BCUT2D eigenvalue weighted by Crippen LogP contribution is 2.30. The van der Waals surface area contributed by atoms with E-state index < -0.39 is 23.7 Å². The van der Waals surface area contributed by atoms with Crippen LogP contribution in [-0.2, 0) is 4.74 Å². The summed E-state index contributed by atoms with van der Waals surface area (Å²) in [6.07, 6.45) is 6.75. The lowest BCUT2D eigenvalue weighted by Gasteiger charge is -2.22. The van der Waals surface area contributed by atoms with Gasteiger partial charge in [-0.05, 0) is 67.1 Å². The lowest BCUT2D eigenvalue weighted by Crippen LogP contribution is -2.41. The van der Waals surface area contributed by atoms with Crippen LogP contribution < -0.4 is 10.0 Å². The lowest BCUT2D eigenvalue weighted by atomic mass is 10.0. The first-order valence-corrected chi connectivity index (χ1v) is 12.8. The molecule has 0 aliphatic carbocycles. The molecule has 1 N–H and O–H groups in total. The zero-order valence-electron chi connectivity index (χ0n) is 22.3. The monoisotopic (exact) mass is 577 g/mol. The molecular weight excluding hydrogens is 553 g/mol. The predicted molar refractivity (Wildman–Crippen MR) is 146 cm³/mol. The van der Waals surface area contributed by atoms with Gasteiger partial charge in [0.1, 0.15) is 11.9 Å². The van der Waals surface area contributed by atoms with Crippen LogP contribution in [0.15, 0.2) is 73.6 Å². The molecule has 210 valence electrons. The number of nitrogens with one attached hydrogen (secondary N) is 1. The Balaban J connectivity index is 1.51. The molecule has 41 heavy (non-hydrogen) atoms. The summed E-state index contributed by atoms with van der Waals surface area (Å²) in [5.74, 6) is -0.631. The van der Waals surface area contributed by atoms with E-state index in [2.05, 4.69) is 30.9 Å². The van der Waals surface area contributed by atoms with Gasteiger partial charge >= 0.3 is 6.09 Å². The zero-order valence-corrected chi connectivity index (χ0v) is 23.0. The quantitative estimate of drug-likeness (QED) is 0.173. The molecule has 0 fully saturated rings. The van der Waals surface area contributed by atoms with Crippen molar-refractivity contribution in [2.75, 3.05) is 6.54 Å². The molecule has 4 heterocycles. The second kappa shape index (κ2) is 11.3. The molecule has 0 aliphatic rings. The van der Waals surface area contributed by atoms with Crippen LogP contribution in [0.3, 0.4) is 0 Å². The minimum atomic E-state index is -0.743. The molecule has 1 amide bonds. The Morgan fingerprint density at radius 3 is 2.71 bits per heavy atom. The van der Waals surface area contributed by atoms with Crippen LogP contribution in [0.4, 0.5) is 9.18 Å². The Hall–Kier alpha value is -4.91. The maximum Gasteiger partial charge on any atom is 0.407 e. The number of aromatic nitrogens is 8. The molecular formula is C27H25ClFN9O3. The van der Waals surface area contributed by atoms with Gasteiger partial charge in [0.05, 0.1) is 18.4 Å². The van der Waals surface area contributed by atoms with Gasteiger partial charge in [-0.2, -0.15) is 18.9 Å². The Morgan fingerprint density at radius 1 is 1.17 bits per heavy atom. The molecule has 0 saturated heterocycles. The summed E-state index contributed by atoms with van der Waals surface area (Å²) >= 11 is 6.27. The maximum atomic E-state index is 13.7. The number of rotatable bonds is 7. The van der Waals surface area contributed by atoms with E-state index in [1.54, 1.807) is 69.6 Å². The van der Waals surface area contributed by atoms with Crippen molar-refractivity contribution in [3.8, 4) is 27.9 Å². The maximum absolute atomic E-state index is 13.7. The highest BCUT2D eigenvalue weighted by molar-refractivity contribution is 6.31. The minimum absolute atomic E-state index is 0.0185. The second-order valence-corrected chi connectivity index (χ2v) is 10.5. The number of carbonyl (C=O) groups excluding carboxylic acids is 1. The number of pyridine rings is 2. The van der Waals surface area contributed by atoms with Crippen molar-refractivity contribution in [3.05, 3.63) is 95.5 Å². The number of carbonyl (C=O) groups is 1. The molecule has 0 radical (unpaired) electrons. The van der Waals surface area contributed by atoms with E-state index in [1.807, 2.05) is 0 Å². The molecule has 0 spiro atoms. The van der Waals surface area contributed by atoms with Gasteiger partial charge in [0.2, 0.25) is 11.6 Å². The molecule has 0 aliphatic heterocycles. The molecule has 14 heteroatoms. The Bertz CT molecular complexity index is 1690. The smallest absolute Gasteiger partial charge is 0.407 e. The largest absolute Gasteiger partial charge is 0.618 e. The summed E-state index contributed by atoms with van der Waals surface area (Å²) in [6.45, 7) is 5.24. The van der Waals surface area contributed by atoms with E-state index in [4.69, 9.17) is 16.3 Å². The summed E-state index contributed by atoms with van der Waals surface area (Å²) < 4.78 is 22.8. The van der Waals surface area contributed by atoms with Crippen LogP contribution in [0.5, 0.6) is 0 Å². The average Bonchev–Trinajstić information content (AvgIpc) is 3.62. The number of hydrogen-bond acceptors (Lipinski definition) is 8. The van der Waals surface area contributed by atoms with Crippen molar-refractivity contribution in [1.29, 1.82) is 0 Å². The van der Waals surface area contributed by atoms with Crippen molar-refractivity contribution in [3.63, 3.8) is 0 Å². The Kier molecular flexibility index (Phi) is 7.62. The molecule has 12 nitrogen and oxygen atoms in total. The Labute approximate surface area is 238 Å². The molecule has 1 aromatic carbocycles. The summed E-state index contributed by atoms with van der Waals surface area (Å²) in [5.41, 5.74) is 2.55. The topological polar surface area (TPSA) is 140 Å². The first-order chi connectivity index (χ1) is 19.6. The van der Waals surface area contributed by atoms with Crippen molar-refractivity contribution in [2.45, 2.75) is 32.4 Å². The number of halogens is 2. The van der Waals surface area contributed by atoms with E-state index in [-0.39, 0.29) is 12.2 Å². The second-order valence-electron chi connectivity index (χ2n) is 10.1. The molecule has 1 unspecified atom stereocenters. The summed E-state index contributed by atoms with van der Waals surface area (Å²) in [7, 11) is 0.